The number of nitrogens with zero attached hydrogens (tertiary/aromatic N) is 2. The number of nitriles is 1. The summed E-state index contributed by atoms with van der Waals surface area (Å²) in [5.41, 5.74) is 1.57. The standard InChI is InChI=1S/C17H14N2O4/c18-10-13-6-8-15(9-7-13)19(11-16(20)21)17(22)23-12-14-4-2-1-3-5-14/h1-9H,11-12H2,(H,20,21). The smallest absolute Gasteiger partial charge is 0.415 e. The van der Waals surface area contributed by atoms with Crippen LogP contribution in [0.15, 0.2) is 54.6 Å². The third-order valence-electron chi connectivity index (χ3n) is 3.03. The van der Waals surface area contributed by atoms with Crippen molar-refractivity contribution in [3.63, 3.8) is 0 Å². The molecule has 6 heteroatoms. The monoisotopic (exact) mass is 310 g/mol. The zero-order valence-corrected chi connectivity index (χ0v) is 12.2. The topological polar surface area (TPSA) is 90.6 Å². The van der Waals surface area contributed by atoms with E-state index in [1.54, 1.807) is 12.1 Å². The molecule has 0 unspecified atom stereocenters. The number of carboxylic acids is 1. The molecule has 0 aliphatic rings. The molecular formula is C17H14N2O4. The summed E-state index contributed by atoms with van der Waals surface area (Å²) in [6.07, 6.45) is -0.763. The maximum Gasteiger partial charge on any atom is 0.415 e. The molecule has 0 radical (unpaired) electrons. The van der Waals surface area contributed by atoms with Crippen molar-refractivity contribution in [1.82, 2.24) is 0 Å². The number of ether oxygens (including phenoxy) is 1. The summed E-state index contributed by atoms with van der Waals surface area (Å²) in [4.78, 5) is 24.2. The molecular weight excluding hydrogens is 296 g/mol. The van der Waals surface area contributed by atoms with Gasteiger partial charge in [0.15, 0.2) is 0 Å². The molecule has 2 rings (SSSR count). The SMILES string of the molecule is N#Cc1ccc(N(CC(=O)O)C(=O)OCc2ccccc2)cc1. The van der Waals surface area contributed by atoms with E-state index in [1.807, 2.05) is 24.3 Å². The summed E-state index contributed by atoms with van der Waals surface area (Å²) in [7, 11) is 0. The number of anilines is 1. The Balaban J connectivity index is 2.11. The van der Waals surface area contributed by atoms with Gasteiger partial charge in [0.05, 0.1) is 11.6 Å². The number of carboxylic acid groups (broad SMARTS) is 1. The van der Waals surface area contributed by atoms with Crippen molar-refractivity contribution in [3.05, 3.63) is 65.7 Å². The van der Waals surface area contributed by atoms with Gasteiger partial charge in [-0.3, -0.25) is 9.69 Å². The highest BCUT2D eigenvalue weighted by Crippen LogP contribution is 2.17. The maximum absolute atomic E-state index is 12.2. The van der Waals surface area contributed by atoms with Gasteiger partial charge in [0, 0.05) is 5.69 Å². The van der Waals surface area contributed by atoms with Gasteiger partial charge in [-0.1, -0.05) is 30.3 Å². The van der Waals surface area contributed by atoms with E-state index >= 15 is 0 Å². The average Bonchev–Trinajstić information content (AvgIpc) is 2.58. The van der Waals surface area contributed by atoms with Crippen LogP contribution in [0.2, 0.25) is 0 Å². The third kappa shape index (κ3) is 4.58. The molecule has 0 bridgehead atoms. The molecule has 116 valence electrons. The molecule has 1 amide bonds. The summed E-state index contributed by atoms with van der Waals surface area (Å²) >= 11 is 0. The number of hydrogen-bond acceptors (Lipinski definition) is 4. The number of carbonyl (C=O) groups excluding carboxylic acids is 1. The first-order valence-corrected chi connectivity index (χ1v) is 6.80. The number of aliphatic carboxylic acids is 1. The molecule has 2 aromatic rings. The van der Waals surface area contributed by atoms with Crippen LogP contribution in [0.5, 0.6) is 0 Å². The van der Waals surface area contributed by atoms with Crippen LogP contribution in [-0.2, 0) is 16.1 Å². The maximum atomic E-state index is 12.2. The van der Waals surface area contributed by atoms with Crippen molar-refractivity contribution in [2.24, 2.45) is 0 Å². The minimum atomic E-state index is -1.16. The molecule has 0 aromatic heterocycles. The van der Waals surface area contributed by atoms with Crippen LogP contribution in [0, 0.1) is 11.3 Å². The lowest BCUT2D eigenvalue weighted by atomic mass is 10.2. The van der Waals surface area contributed by atoms with Crippen molar-refractivity contribution in [1.29, 1.82) is 5.26 Å². The number of carbonyl (C=O) groups is 2. The van der Waals surface area contributed by atoms with Gasteiger partial charge in [-0.15, -0.1) is 0 Å². The zero-order chi connectivity index (χ0) is 16.7. The van der Waals surface area contributed by atoms with E-state index in [-0.39, 0.29) is 6.61 Å². The first-order valence-electron chi connectivity index (χ1n) is 6.80. The van der Waals surface area contributed by atoms with Gasteiger partial charge in [-0.25, -0.2) is 4.79 Å². The van der Waals surface area contributed by atoms with Crippen LogP contribution < -0.4 is 4.90 Å². The van der Waals surface area contributed by atoms with Gasteiger partial charge in [0.25, 0.3) is 0 Å². The summed E-state index contributed by atoms with van der Waals surface area (Å²) in [6, 6.07) is 17.1. The Morgan fingerprint density at radius 3 is 2.30 bits per heavy atom. The zero-order valence-electron chi connectivity index (χ0n) is 12.2. The van der Waals surface area contributed by atoms with Crippen molar-refractivity contribution in [2.75, 3.05) is 11.4 Å². The number of amides is 1. The van der Waals surface area contributed by atoms with Crippen molar-refractivity contribution in [2.45, 2.75) is 6.61 Å². The van der Waals surface area contributed by atoms with E-state index in [9.17, 15) is 9.59 Å². The van der Waals surface area contributed by atoms with Crippen LogP contribution >= 0.6 is 0 Å². The van der Waals surface area contributed by atoms with Gasteiger partial charge in [-0.2, -0.15) is 5.26 Å². The second-order valence-electron chi connectivity index (χ2n) is 4.68. The molecule has 0 aliphatic heterocycles. The molecule has 0 atom stereocenters. The second kappa shape index (κ2) is 7.61. The molecule has 1 N–H and O–H groups in total. The van der Waals surface area contributed by atoms with Crippen LogP contribution in [-0.4, -0.2) is 23.7 Å². The highest BCUT2D eigenvalue weighted by molar-refractivity contribution is 5.93. The first kappa shape index (κ1) is 16.0. The van der Waals surface area contributed by atoms with Crippen LogP contribution in [0.25, 0.3) is 0 Å². The van der Waals surface area contributed by atoms with Gasteiger partial charge in [0.1, 0.15) is 13.2 Å². The Bertz CT molecular complexity index is 721. The fourth-order valence-electron chi connectivity index (χ4n) is 1.91. The van der Waals surface area contributed by atoms with E-state index in [0.717, 1.165) is 10.5 Å². The van der Waals surface area contributed by atoms with E-state index in [1.165, 1.54) is 24.3 Å². The van der Waals surface area contributed by atoms with Crippen LogP contribution in [0.1, 0.15) is 11.1 Å². The predicted octanol–water partition coefficient (Wildman–Crippen LogP) is 2.79. The van der Waals surface area contributed by atoms with E-state index in [2.05, 4.69) is 0 Å². The Hall–Kier alpha value is -3.33. The lowest BCUT2D eigenvalue weighted by Crippen LogP contribution is -2.36. The fourth-order valence-corrected chi connectivity index (χ4v) is 1.91. The van der Waals surface area contributed by atoms with Crippen molar-refractivity contribution >= 4 is 17.7 Å². The summed E-state index contributed by atoms with van der Waals surface area (Å²) in [6.45, 7) is -0.481. The van der Waals surface area contributed by atoms with E-state index in [0.29, 0.717) is 11.3 Å². The predicted molar refractivity (Wildman–Crippen MR) is 82.8 cm³/mol. The first-order chi connectivity index (χ1) is 11.1. The van der Waals surface area contributed by atoms with E-state index < -0.39 is 18.6 Å². The normalized spacial score (nSPS) is 9.70. The van der Waals surface area contributed by atoms with Gasteiger partial charge in [-0.05, 0) is 29.8 Å². The Kier molecular flexibility index (Phi) is 5.31. The lowest BCUT2D eigenvalue weighted by Gasteiger charge is -2.20. The molecule has 0 saturated carbocycles. The van der Waals surface area contributed by atoms with Crippen LogP contribution in [0.3, 0.4) is 0 Å². The molecule has 0 spiro atoms. The molecule has 23 heavy (non-hydrogen) atoms. The number of hydrogen-bond donors (Lipinski definition) is 1. The number of benzene rings is 2. The largest absolute Gasteiger partial charge is 0.480 e. The quantitative estimate of drug-likeness (QED) is 0.917. The fraction of sp³-hybridized carbons (Fsp3) is 0.118. The highest BCUT2D eigenvalue weighted by Gasteiger charge is 2.20. The molecule has 0 aliphatic carbocycles. The molecule has 6 nitrogen and oxygen atoms in total. The lowest BCUT2D eigenvalue weighted by molar-refractivity contribution is -0.135. The van der Waals surface area contributed by atoms with Crippen molar-refractivity contribution < 1.29 is 19.4 Å². The Labute approximate surface area is 133 Å². The average molecular weight is 310 g/mol. The Morgan fingerprint density at radius 2 is 1.74 bits per heavy atom. The van der Waals surface area contributed by atoms with Gasteiger partial charge in [0.2, 0.25) is 0 Å². The number of rotatable bonds is 5. The van der Waals surface area contributed by atoms with E-state index in [4.69, 9.17) is 15.1 Å². The minimum Gasteiger partial charge on any atom is -0.480 e. The van der Waals surface area contributed by atoms with Crippen LogP contribution in [0.4, 0.5) is 10.5 Å². The highest BCUT2D eigenvalue weighted by atomic mass is 16.6. The molecule has 0 saturated heterocycles. The Morgan fingerprint density at radius 1 is 1.09 bits per heavy atom. The van der Waals surface area contributed by atoms with Crippen molar-refractivity contribution in [3.8, 4) is 6.07 Å². The molecule has 0 heterocycles. The van der Waals surface area contributed by atoms with Gasteiger partial charge < -0.3 is 9.84 Å². The molecule has 0 fully saturated rings. The minimum absolute atomic E-state index is 0.0477. The summed E-state index contributed by atoms with van der Waals surface area (Å²) in [5, 5.41) is 17.8. The second-order valence-corrected chi connectivity index (χ2v) is 4.68. The van der Waals surface area contributed by atoms with Gasteiger partial charge >= 0.3 is 12.1 Å². The summed E-state index contributed by atoms with van der Waals surface area (Å²) < 4.78 is 5.16. The summed E-state index contributed by atoms with van der Waals surface area (Å²) in [5.74, 6) is -1.16. The third-order valence-corrected chi connectivity index (χ3v) is 3.03. The molecule has 2 aromatic carbocycles.